The molecular formula is C14H25N. The van der Waals surface area contributed by atoms with Gasteiger partial charge in [0.1, 0.15) is 0 Å². The lowest BCUT2D eigenvalue weighted by molar-refractivity contribution is 0.633. The van der Waals surface area contributed by atoms with Gasteiger partial charge in [-0.15, -0.1) is 0 Å². The van der Waals surface area contributed by atoms with Crippen molar-refractivity contribution < 1.29 is 0 Å². The maximum absolute atomic E-state index is 3.48. The molecule has 0 bridgehead atoms. The molecule has 0 aliphatic carbocycles. The third kappa shape index (κ3) is 5.46. The van der Waals surface area contributed by atoms with Gasteiger partial charge in [-0.1, -0.05) is 31.5 Å². The van der Waals surface area contributed by atoms with Crippen molar-refractivity contribution in [3.63, 3.8) is 0 Å². The van der Waals surface area contributed by atoms with Gasteiger partial charge in [-0.3, -0.25) is 0 Å². The van der Waals surface area contributed by atoms with Gasteiger partial charge in [-0.25, -0.2) is 0 Å². The first-order valence-electron chi connectivity index (χ1n) is 5.74. The molecule has 0 unspecified atom stereocenters. The number of rotatable bonds is 1. The average Bonchev–Trinajstić information content (AvgIpc) is 2.12. The van der Waals surface area contributed by atoms with Crippen molar-refractivity contribution >= 4 is 5.69 Å². The Kier molecular flexibility index (Phi) is 5.41. The number of hydrogen-bond acceptors (Lipinski definition) is 1. The van der Waals surface area contributed by atoms with E-state index < -0.39 is 0 Å². The predicted octanol–water partition coefficient (Wildman–Crippen LogP) is 4.54. The van der Waals surface area contributed by atoms with Crippen LogP contribution in [0.4, 0.5) is 5.69 Å². The van der Waals surface area contributed by atoms with Gasteiger partial charge in [0.05, 0.1) is 0 Å². The smallest absolute Gasteiger partial charge is 0.0374 e. The average molecular weight is 207 g/mol. The third-order valence-corrected chi connectivity index (χ3v) is 1.89. The first-order valence-corrected chi connectivity index (χ1v) is 5.74. The fourth-order valence-corrected chi connectivity index (χ4v) is 1.36. The standard InChI is InChI=1S/C12H19N.C2H6/c1-9-6-7-11(10(2)8-9)13-12(3,4)5;1-2/h6-8,13H,1-5H3;1-2H3. The Morgan fingerprint density at radius 1 is 1.00 bits per heavy atom. The molecule has 86 valence electrons. The second-order valence-electron chi connectivity index (χ2n) is 4.69. The highest BCUT2D eigenvalue weighted by atomic mass is 14.9. The number of nitrogens with one attached hydrogen (secondary N) is 1. The number of anilines is 1. The van der Waals surface area contributed by atoms with Crippen LogP contribution >= 0.6 is 0 Å². The van der Waals surface area contributed by atoms with Crippen LogP contribution < -0.4 is 5.32 Å². The van der Waals surface area contributed by atoms with E-state index in [0.29, 0.717) is 0 Å². The lowest BCUT2D eigenvalue weighted by Gasteiger charge is -2.23. The topological polar surface area (TPSA) is 12.0 Å². The van der Waals surface area contributed by atoms with Crippen molar-refractivity contribution in [1.82, 2.24) is 0 Å². The van der Waals surface area contributed by atoms with Gasteiger partial charge in [-0.2, -0.15) is 0 Å². The maximum Gasteiger partial charge on any atom is 0.0374 e. The van der Waals surface area contributed by atoms with Crippen molar-refractivity contribution in [2.24, 2.45) is 0 Å². The molecule has 0 aromatic heterocycles. The van der Waals surface area contributed by atoms with Gasteiger partial charge >= 0.3 is 0 Å². The van der Waals surface area contributed by atoms with Gasteiger partial charge < -0.3 is 5.32 Å². The molecule has 0 aliphatic heterocycles. The molecule has 0 radical (unpaired) electrons. The summed E-state index contributed by atoms with van der Waals surface area (Å²) in [5, 5.41) is 3.48. The van der Waals surface area contributed by atoms with E-state index in [1.807, 2.05) is 13.8 Å². The van der Waals surface area contributed by atoms with Crippen LogP contribution in [0.1, 0.15) is 45.7 Å². The molecular weight excluding hydrogens is 182 g/mol. The van der Waals surface area contributed by atoms with Crippen molar-refractivity contribution in [1.29, 1.82) is 0 Å². The summed E-state index contributed by atoms with van der Waals surface area (Å²) >= 11 is 0. The van der Waals surface area contributed by atoms with E-state index in [4.69, 9.17) is 0 Å². The normalized spacial score (nSPS) is 10.3. The Morgan fingerprint density at radius 3 is 1.93 bits per heavy atom. The third-order valence-electron chi connectivity index (χ3n) is 1.89. The summed E-state index contributed by atoms with van der Waals surface area (Å²) in [5.41, 5.74) is 4.00. The van der Waals surface area contributed by atoms with Crippen LogP contribution in [0.15, 0.2) is 18.2 Å². The summed E-state index contributed by atoms with van der Waals surface area (Å²) in [4.78, 5) is 0. The zero-order valence-electron chi connectivity index (χ0n) is 11.2. The molecule has 0 fully saturated rings. The molecule has 0 amide bonds. The largest absolute Gasteiger partial charge is 0.380 e. The van der Waals surface area contributed by atoms with E-state index in [2.05, 4.69) is 58.1 Å². The zero-order chi connectivity index (χ0) is 12.1. The van der Waals surface area contributed by atoms with Crippen molar-refractivity contribution in [2.75, 3.05) is 5.32 Å². The Hall–Kier alpha value is -0.980. The SMILES string of the molecule is CC.Cc1ccc(NC(C)(C)C)c(C)c1. The molecule has 0 heterocycles. The van der Waals surface area contributed by atoms with Crippen molar-refractivity contribution in [3.05, 3.63) is 29.3 Å². The molecule has 1 aromatic rings. The van der Waals surface area contributed by atoms with Crippen LogP contribution in [0.2, 0.25) is 0 Å². The molecule has 0 saturated heterocycles. The molecule has 1 heteroatoms. The molecule has 0 atom stereocenters. The maximum atomic E-state index is 3.48. The number of aryl methyl sites for hydroxylation is 2. The summed E-state index contributed by atoms with van der Waals surface area (Å²) in [5.74, 6) is 0. The van der Waals surface area contributed by atoms with E-state index in [9.17, 15) is 0 Å². The van der Waals surface area contributed by atoms with E-state index in [1.165, 1.54) is 16.8 Å². The minimum atomic E-state index is 0.139. The second kappa shape index (κ2) is 5.79. The quantitative estimate of drug-likeness (QED) is 0.713. The van der Waals surface area contributed by atoms with Crippen LogP contribution in [-0.4, -0.2) is 5.54 Å². The molecule has 0 spiro atoms. The highest BCUT2D eigenvalue weighted by Gasteiger charge is 2.10. The minimum Gasteiger partial charge on any atom is -0.380 e. The Labute approximate surface area is 94.9 Å². The predicted molar refractivity (Wildman–Crippen MR) is 70.6 cm³/mol. The van der Waals surface area contributed by atoms with E-state index in [1.54, 1.807) is 0 Å². The Balaban J connectivity index is 0.000000921. The van der Waals surface area contributed by atoms with Gasteiger partial charge in [0.2, 0.25) is 0 Å². The molecule has 0 saturated carbocycles. The van der Waals surface area contributed by atoms with Gasteiger partial charge in [0.15, 0.2) is 0 Å². The molecule has 1 aromatic carbocycles. The highest BCUT2D eigenvalue weighted by molar-refractivity contribution is 5.53. The van der Waals surface area contributed by atoms with Crippen LogP contribution in [-0.2, 0) is 0 Å². The molecule has 0 aliphatic rings. The number of hydrogen-bond donors (Lipinski definition) is 1. The zero-order valence-corrected chi connectivity index (χ0v) is 11.2. The van der Waals surface area contributed by atoms with Crippen LogP contribution in [0.3, 0.4) is 0 Å². The van der Waals surface area contributed by atoms with Crippen LogP contribution in [0.5, 0.6) is 0 Å². The second-order valence-corrected chi connectivity index (χ2v) is 4.69. The lowest BCUT2D eigenvalue weighted by Crippen LogP contribution is -2.26. The Bertz CT molecular complexity index is 295. The fraction of sp³-hybridized carbons (Fsp3) is 0.571. The molecule has 1 N–H and O–H groups in total. The van der Waals surface area contributed by atoms with E-state index in [0.717, 1.165) is 0 Å². The van der Waals surface area contributed by atoms with Crippen molar-refractivity contribution in [3.8, 4) is 0 Å². The van der Waals surface area contributed by atoms with Gasteiger partial charge in [0.25, 0.3) is 0 Å². The molecule has 1 rings (SSSR count). The lowest BCUT2D eigenvalue weighted by atomic mass is 10.1. The van der Waals surface area contributed by atoms with Crippen molar-refractivity contribution in [2.45, 2.75) is 54.0 Å². The minimum absolute atomic E-state index is 0.139. The fourth-order valence-electron chi connectivity index (χ4n) is 1.36. The summed E-state index contributed by atoms with van der Waals surface area (Å²) < 4.78 is 0. The number of benzene rings is 1. The first-order chi connectivity index (χ1) is 6.88. The van der Waals surface area contributed by atoms with Crippen LogP contribution in [0, 0.1) is 13.8 Å². The molecule has 15 heavy (non-hydrogen) atoms. The molecule has 1 nitrogen and oxygen atoms in total. The van der Waals surface area contributed by atoms with E-state index >= 15 is 0 Å². The summed E-state index contributed by atoms with van der Waals surface area (Å²) in [6.07, 6.45) is 0. The van der Waals surface area contributed by atoms with E-state index in [-0.39, 0.29) is 5.54 Å². The first kappa shape index (κ1) is 14.0. The monoisotopic (exact) mass is 207 g/mol. The summed E-state index contributed by atoms with van der Waals surface area (Å²) in [7, 11) is 0. The summed E-state index contributed by atoms with van der Waals surface area (Å²) in [6.45, 7) is 14.8. The highest BCUT2D eigenvalue weighted by Crippen LogP contribution is 2.19. The van der Waals surface area contributed by atoms with Gasteiger partial charge in [-0.05, 0) is 46.2 Å². The van der Waals surface area contributed by atoms with Gasteiger partial charge in [0, 0.05) is 11.2 Å². The summed E-state index contributed by atoms with van der Waals surface area (Å²) in [6, 6.07) is 6.49. The van der Waals surface area contributed by atoms with Crippen LogP contribution in [0.25, 0.3) is 0 Å². The Morgan fingerprint density at radius 2 is 1.53 bits per heavy atom.